The lowest BCUT2D eigenvalue weighted by atomic mass is 9.85. The Bertz CT molecular complexity index is 746. The lowest BCUT2D eigenvalue weighted by Crippen LogP contribution is -2.33. The van der Waals surface area contributed by atoms with E-state index < -0.39 is 10.9 Å². The number of hydrogen-bond donors (Lipinski definition) is 0. The van der Waals surface area contributed by atoms with E-state index in [1.165, 1.54) is 18.2 Å². The van der Waals surface area contributed by atoms with Crippen LogP contribution in [0.1, 0.15) is 19.3 Å². The molecule has 0 aromatic heterocycles. The standard InChI is InChI=1S/C17H16N2O6/c20-15(25-12-5-3-4-11(10-12)19(23)24)8-9-18-16(21)13-6-1-2-7-14(13)17(18)22/h1-5,10,13-14H,6-9H2/t13-,14+. The highest BCUT2D eigenvalue weighted by atomic mass is 16.6. The highest BCUT2D eigenvalue weighted by Crippen LogP contribution is 2.35. The Labute approximate surface area is 143 Å². The normalized spacial score (nSPS) is 22.0. The summed E-state index contributed by atoms with van der Waals surface area (Å²) in [6, 6.07) is 5.27. The Morgan fingerprint density at radius 2 is 1.84 bits per heavy atom. The maximum absolute atomic E-state index is 12.3. The van der Waals surface area contributed by atoms with E-state index in [1.807, 2.05) is 12.2 Å². The van der Waals surface area contributed by atoms with Gasteiger partial charge in [-0.15, -0.1) is 0 Å². The van der Waals surface area contributed by atoms with Gasteiger partial charge in [0.15, 0.2) is 0 Å². The number of carbonyl (C=O) groups excluding carboxylic acids is 3. The van der Waals surface area contributed by atoms with Crippen LogP contribution in [0.5, 0.6) is 5.75 Å². The molecule has 2 atom stereocenters. The summed E-state index contributed by atoms with van der Waals surface area (Å²) in [5, 5.41) is 10.7. The molecule has 25 heavy (non-hydrogen) atoms. The monoisotopic (exact) mass is 344 g/mol. The van der Waals surface area contributed by atoms with Gasteiger partial charge in [0.25, 0.3) is 5.69 Å². The molecule has 130 valence electrons. The molecule has 0 bridgehead atoms. The smallest absolute Gasteiger partial charge is 0.313 e. The first-order valence-corrected chi connectivity index (χ1v) is 7.92. The van der Waals surface area contributed by atoms with Crippen LogP contribution in [0, 0.1) is 22.0 Å². The van der Waals surface area contributed by atoms with E-state index in [2.05, 4.69) is 0 Å². The average Bonchev–Trinajstić information content (AvgIpc) is 2.85. The van der Waals surface area contributed by atoms with Gasteiger partial charge in [-0.25, -0.2) is 0 Å². The molecule has 0 unspecified atom stereocenters. The van der Waals surface area contributed by atoms with E-state index in [4.69, 9.17) is 4.74 Å². The molecule has 1 aliphatic heterocycles. The summed E-state index contributed by atoms with van der Waals surface area (Å²) in [5.74, 6) is -1.76. The zero-order chi connectivity index (χ0) is 18.0. The molecular formula is C17H16N2O6. The van der Waals surface area contributed by atoms with Crippen LogP contribution in [0.25, 0.3) is 0 Å². The molecular weight excluding hydrogens is 328 g/mol. The molecule has 1 heterocycles. The van der Waals surface area contributed by atoms with Crippen LogP contribution in [0.3, 0.4) is 0 Å². The van der Waals surface area contributed by atoms with E-state index in [0.717, 1.165) is 11.0 Å². The molecule has 1 aromatic rings. The number of carbonyl (C=O) groups is 3. The second-order valence-corrected chi connectivity index (χ2v) is 5.96. The van der Waals surface area contributed by atoms with Gasteiger partial charge in [-0.1, -0.05) is 18.2 Å². The number of allylic oxidation sites excluding steroid dienone is 2. The fourth-order valence-electron chi connectivity index (χ4n) is 3.14. The summed E-state index contributed by atoms with van der Waals surface area (Å²) in [4.78, 5) is 47.7. The third-order valence-corrected chi connectivity index (χ3v) is 4.40. The third kappa shape index (κ3) is 3.42. The Hall–Kier alpha value is -3.03. The summed E-state index contributed by atoms with van der Waals surface area (Å²) in [6.45, 7) is -0.0432. The van der Waals surface area contributed by atoms with Crippen molar-refractivity contribution in [3.8, 4) is 5.75 Å². The molecule has 8 heteroatoms. The molecule has 8 nitrogen and oxygen atoms in total. The van der Waals surface area contributed by atoms with Gasteiger partial charge in [-0.2, -0.15) is 0 Å². The molecule has 1 saturated heterocycles. The Morgan fingerprint density at radius 3 is 2.44 bits per heavy atom. The zero-order valence-corrected chi connectivity index (χ0v) is 13.3. The van der Waals surface area contributed by atoms with Crippen LogP contribution in [-0.4, -0.2) is 34.2 Å². The van der Waals surface area contributed by atoms with Crippen LogP contribution in [-0.2, 0) is 14.4 Å². The van der Waals surface area contributed by atoms with Crippen molar-refractivity contribution in [3.63, 3.8) is 0 Å². The number of esters is 1. The van der Waals surface area contributed by atoms with Gasteiger partial charge in [0.1, 0.15) is 5.75 Å². The van der Waals surface area contributed by atoms with E-state index >= 15 is 0 Å². The van der Waals surface area contributed by atoms with Gasteiger partial charge in [0.2, 0.25) is 11.8 Å². The predicted molar refractivity (Wildman–Crippen MR) is 85.4 cm³/mol. The number of rotatable bonds is 5. The van der Waals surface area contributed by atoms with E-state index in [9.17, 15) is 24.5 Å². The zero-order valence-electron chi connectivity index (χ0n) is 13.3. The SMILES string of the molecule is O=C(CCN1C(=O)[C@H]2CC=CC[C@H]2C1=O)Oc1cccc([N+](=O)[O-])c1. The third-order valence-electron chi connectivity index (χ3n) is 4.40. The number of imide groups is 1. The minimum Gasteiger partial charge on any atom is -0.426 e. The minimum absolute atomic E-state index is 0.0432. The number of nitrogens with zero attached hydrogens (tertiary/aromatic N) is 2. The summed E-state index contributed by atoms with van der Waals surface area (Å²) in [7, 11) is 0. The molecule has 1 aromatic carbocycles. The van der Waals surface area contributed by atoms with Crippen molar-refractivity contribution in [2.45, 2.75) is 19.3 Å². The van der Waals surface area contributed by atoms with Gasteiger partial charge in [0.05, 0.1) is 29.2 Å². The second kappa shape index (κ2) is 6.84. The average molecular weight is 344 g/mol. The van der Waals surface area contributed by atoms with Crippen LogP contribution in [0.4, 0.5) is 5.69 Å². The molecule has 3 rings (SSSR count). The van der Waals surface area contributed by atoms with Gasteiger partial charge in [-0.05, 0) is 18.9 Å². The number of amides is 2. The number of benzene rings is 1. The van der Waals surface area contributed by atoms with Crippen molar-refractivity contribution in [3.05, 3.63) is 46.5 Å². The number of likely N-dealkylation sites (tertiary alicyclic amines) is 1. The van der Waals surface area contributed by atoms with Crippen molar-refractivity contribution < 1.29 is 24.0 Å². The summed E-state index contributed by atoms with van der Waals surface area (Å²) < 4.78 is 5.05. The van der Waals surface area contributed by atoms with Crippen molar-refractivity contribution in [1.82, 2.24) is 4.90 Å². The quantitative estimate of drug-likeness (QED) is 0.201. The Kier molecular flexibility index (Phi) is 4.60. The summed E-state index contributed by atoms with van der Waals surface area (Å²) >= 11 is 0. The Balaban J connectivity index is 1.58. The first-order chi connectivity index (χ1) is 12.0. The molecule has 0 radical (unpaired) electrons. The highest BCUT2D eigenvalue weighted by molar-refractivity contribution is 6.05. The molecule has 2 aliphatic rings. The summed E-state index contributed by atoms with van der Waals surface area (Å²) in [5.41, 5.74) is -0.188. The van der Waals surface area contributed by atoms with Crippen LogP contribution in [0.15, 0.2) is 36.4 Å². The fourth-order valence-corrected chi connectivity index (χ4v) is 3.14. The number of non-ortho nitro benzene ring substituents is 1. The molecule has 2 amide bonds. The van der Waals surface area contributed by atoms with E-state index in [0.29, 0.717) is 12.8 Å². The summed E-state index contributed by atoms with van der Waals surface area (Å²) in [6.07, 6.45) is 4.72. The van der Waals surface area contributed by atoms with Crippen LogP contribution >= 0.6 is 0 Å². The second-order valence-electron chi connectivity index (χ2n) is 5.96. The molecule has 1 fully saturated rings. The Morgan fingerprint density at radius 1 is 1.20 bits per heavy atom. The van der Waals surface area contributed by atoms with Crippen molar-refractivity contribution in [1.29, 1.82) is 0 Å². The van der Waals surface area contributed by atoms with E-state index in [-0.39, 0.29) is 48.1 Å². The number of nitro benzene ring substituents is 1. The topological polar surface area (TPSA) is 107 Å². The van der Waals surface area contributed by atoms with Gasteiger partial charge >= 0.3 is 5.97 Å². The van der Waals surface area contributed by atoms with Crippen molar-refractivity contribution in [2.75, 3.05) is 6.54 Å². The van der Waals surface area contributed by atoms with Gasteiger partial charge in [0, 0.05) is 12.6 Å². The van der Waals surface area contributed by atoms with Crippen molar-refractivity contribution >= 4 is 23.5 Å². The largest absolute Gasteiger partial charge is 0.426 e. The van der Waals surface area contributed by atoms with Crippen LogP contribution in [0.2, 0.25) is 0 Å². The number of hydrogen-bond acceptors (Lipinski definition) is 6. The molecule has 1 aliphatic carbocycles. The molecule has 0 N–H and O–H groups in total. The van der Waals surface area contributed by atoms with Gasteiger partial charge < -0.3 is 4.74 Å². The van der Waals surface area contributed by atoms with Crippen LogP contribution < -0.4 is 4.74 Å². The number of ether oxygens (including phenoxy) is 1. The number of fused-ring (bicyclic) bond motifs is 1. The highest BCUT2D eigenvalue weighted by Gasteiger charge is 2.46. The van der Waals surface area contributed by atoms with Gasteiger partial charge in [-0.3, -0.25) is 29.4 Å². The first-order valence-electron chi connectivity index (χ1n) is 7.92. The lowest BCUT2D eigenvalue weighted by molar-refractivity contribution is -0.384. The lowest BCUT2D eigenvalue weighted by Gasteiger charge is -2.14. The van der Waals surface area contributed by atoms with E-state index in [1.54, 1.807) is 0 Å². The predicted octanol–water partition coefficient (Wildman–Crippen LogP) is 1.84. The maximum atomic E-state index is 12.3. The fraction of sp³-hybridized carbons (Fsp3) is 0.353. The van der Waals surface area contributed by atoms with Crippen molar-refractivity contribution in [2.24, 2.45) is 11.8 Å². The molecule has 0 spiro atoms. The number of nitro groups is 1. The minimum atomic E-state index is -0.658. The molecule has 0 saturated carbocycles. The first kappa shape index (κ1) is 16.8. The maximum Gasteiger partial charge on any atom is 0.313 e.